The Kier molecular flexibility index (Phi) is 29.8. The molecule has 782 valence electrons. The van der Waals surface area contributed by atoms with Crippen LogP contribution in [0.25, 0.3) is 0 Å². The number of aliphatic hydroxyl groups is 2. The number of nitrogens with zero attached hydrogens (tertiary/aromatic N) is 7. The number of ether oxygens (including phenoxy) is 12. The average molecular weight is 1960 g/mol. The van der Waals surface area contributed by atoms with Crippen LogP contribution < -0.4 is 0 Å². The average Bonchev–Trinajstić information content (AvgIpc) is 1.55. The predicted molar refractivity (Wildman–Crippen MR) is 533 cm³/mol. The Morgan fingerprint density at radius 3 is 1.34 bits per heavy atom. The van der Waals surface area contributed by atoms with Crippen molar-refractivity contribution < 1.29 is 95.8 Å². The van der Waals surface area contributed by atoms with E-state index in [0.717, 1.165) is 154 Å². The summed E-state index contributed by atoms with van der Waals surface area (Å²) in [7, 11) is 10.9. The fraction of sp³-hybridized carbons (Fsp3) is 0.789. The summed E-state index contributed by atoms with van der Waals surface area (Å²) in [6.07, 6.45) is 34.9. The fourth-order valence-corrected chi connectivity index (χ4v) is 32.4. The third-order valence-electron chi connectivity index (χ3n) is 41.1. The molecule has 3 aromatic rings. The Labute approximate surface area is 839 Å². The van der Waals surface area contributed by atoms with Crippen molar-refractivity contribution in [3.8, 4) is 6.07 Å². The van der Waals surface area contributed by atoms with E-state index >= 15 is 0 Å². The van der Waals surface area contributed by atoms with Gasteiger partial charge in [0.25, 0.3) is 0 Å². The molecule has 27 nitrogen and oxygen atoms in total. The minimum atomic E-state index is -0.553. The van der Waals surface area contributed by atoms with Crippen LogP contribution in [0.3, 0.4) is 0 Å². The van der Waals surface area contributed by atoms with Crippen LogP contribution in [0.5, 0.6) is 0 Å². The van der Waals surface area contributed by atoms with E-state index in [1.54, 1.807) is 21.3 Å². The number of hydrogen-bond acceptors (Lipinski definition) is 24. The van der Waals surface area contributed by atoms with E-state index in [9.17, 15) is 44.2 Å². The van der Waals surface area contributed by atoms with Gasteiger partial charge in [0.1, 0.15) is 49.3 Å². The van der Waals surface area contributed by atoms with Crippen LogP contribution >= 0.6 is 0 Å². The Morgan fingerprint density at radius 1 is 0.418 bits per heavy atom. The largest absolute Gasteiger partial charge is 0.515 e. The van der Waals surface area contributed by atoms with Crippen molar-refractivity contribution in [2.75, 3.05) is 81.3 Å². The number of carbonyl (C=O) groups excluding carboxylic acids is 6. The first kappa shape index (κ1) is 108. The van der Waals surface area contributed by atoms with Crippen molar-refractivity contribution in [3.05, 3.63) is 98.8 Å². The van der Waals surface area contributed by atoms with E-state index in [1.807, 2.05) is 75.9 Å². The normalized spacial score (nSPS) is 37.5. The minimum absolute atomic E-state index is 0.00986. The molecule has 3 spiro atoms. The third kappa shape index (κ3) is 17.8. The summed E-state index contributed by atoms with van der Waals surface area (Å²) in [5.74, 6) is 3.21. The van der Waals surface area contributed by atoms with Crippen LogP contribution in [-0.2, 0) is 142 Å². The van der Waals surface area contributed by atoms with E-state index in [0.29, 0.717) is 149 Å². The van der Waals surface area contributed by atoms with Gasteiger partial charge in [-0.1, -0.05) is 156 Å². The van der Waals surface area contributed by atoms with Gasteiger partial charge in [-0.15, -0.1) is 0 Å². The Hall–Kier alpha value is -6.78. The number of carbonyl (C=O) groups is 6. The molecule has 0 unspecified atom stereocenters. The van der Waals surface area contributed by atoms with Crippen LogP contribution in [0.1, 0.15) is 334 Å². The maximum Gasteiger partial charge on any atom is 0.173 e. The summed E-state index contributed by atoms with van der Waals surface area (Å²) in [4.78, 5) is 72.1. The van der Waals surface area contributed by atoms with Gasteiger partial charge in [0, 0.05) is 194 Å². The van der Waals surface area contributed by atoms with E-state index < -0.39 is 17.0 Å². The zero-order valence-corrected chi connectivity index (χ0v) is 90.8. The quantitative estimate of drug-likeness (QED) is 0.0870. The van der Waals surface area contributed by atoms with E-state index in [1.165, 1.54) is 39.2 Å². The molecule has 3 aliphatic heterocycles. The monoisotopic (exact) mass is 1960 g/mol. The molecule has 2 N–H and O–H groups in total. The second-order valence-electron chi connectivity index (χ2n) is 51.0. The van der Waals surface area contributed by atoms with Crippen LogP contribution in [0.15, 0.2) is 65.1 Å². The van der Waals surface area contributed by atoms with Gasteiger partial charge in [0.15, 0.2) is 28.9 Å². The Balaban J connectivity index is 0.000000122. The van der Waals surface area contributed by atoms with Gasteiger partial charge in [-0.2, -0.15) is 20.6 Å². The molecule has 27 heteroatoms. The van der Waals surface area contributed by atoms with Crippen molar-refractivity contribution in [2.24, 2.45) is 122 Å². The summed E-state index contributed by atoms with van der Waals surface area (Å²) in [6, 6.07) is 2.18. The van der Waals surface area contributed by atoms with E-state index in [2.05, 4.69) is 159 Å². The molecule has 0 amide bonds. The predicted octanol–water partition coefficient (Wildman–Crippen LogP) is 19.9. The maximum absolute atomic E-state index is 12.5. The van der Waals surface area contributed by atoms with Crippen LogP contribution in [0, 0.1) is 112 Å². The molecule has 0 aromatic carbocycles. The molecule has 22 rings (SSSR count). The number of rotatable bonds is 9. The zero-order chi connectivity index (χ0) is 103. The van der Waals surface area contributed by atoms with Gasteiger partial charge >= 0.3 is 0 Å². The SMILES string of the molecule is CC1(C)[C@H]2C/C(=C/O)C(=O)[C@@]2(C)CCC12OCCO2.CC1(C)[C@H]2CCC(=O)[C@@]2(C)CCC12OCCO2.COCO[C@H]1CC=C2C(C)(C)C(=O)CC[C@@]21C.COCO[C@H]1CCC2=CC(=O)CC[C@@]21C.COCO[C@H]1CC[C@@H]2C(C)(C)C(=O)CC[C@]12C.Cn1cc2c(n1)[C@@]1(C)CC(C#N)=C(O)C(C)(C)[C@H]1C2.Cn1cc2c(n1)[C@@]1(C)CCC(=O)C(C)(C)[C@H]1C2.Cn1cc2c(n1)[C@@]1(C)CCC3(OCCO3)C(C)(C)[C@H]1C2. The van der Waals surface area contributed by atoms with Gasteiger partial charge in [0.05, 0.1) is 92.9 Å². The van der Waals surface area contributed by atoms with E-state index in [-0.39, 0.29) is 123 Å². The standard InChI is InChI=1S/C16H24N2O2.C15H19N3O.C15H22O4.C14H20N2O.C14H22O3.C14H24O3.C14H22O3.C12H18O3/c1-14(2)12-9-11-10-18(4)17-13(11)15(12,3)5-6-16(14)19-7-8-20-16;1-14(2)11-5-9-8-18(4)17-12(9)15(11,3)6-10(7-16)13(14)19;1-13(2)11-8-10(9-16)12(17)14(11,3)4-5-15(13)18-6-7-19-15;1-13(2)10-7-9-8-16(4)15-12(9)14(10,3)6-5-11(13)17;1-12(2)10-4-5-11(15)13(10,3)6-7-14(12)16-8-9-17-14;2*1-13(2)10-5-6-12(17-9-16-4)14(10,3)8-7-11(13)15;1-12-6-5-10(13)7-9(12)3-4-11(12)15-8-14-2/h10,12H,5-9H2,1-4H3;8,11,19H,5-6H2,1-4H3;9,11,16H,4-8H2,1-3H3;8,10H,5-7H2,1-4H3;10H,4-9H2,1-3H3;10,12H,5-9H2,1-4H3;5,12H,6-9H2,1-4H3;7,11H,3-6,8H2,1-2H3/b;;10-9-;;;;;/t12-,15+;11-,15+;11-,14+;10-,14+;10-,13+;10-,12+,14+;12-,14-;11-,12-/m11111100/s1. The Morgan fingerprint density at radius 2 is 0.837 bits per heavy atom. The molecule has 141 heavy (non-hydrogen) atoms. The molecule has 19 aliphatic rings. The zero-order valence-electron chi connectivity index (χ0n) is 90.8. The molecule has 3 saturated heterocycles. The number of aryl methyl sites for hydroxylation is 3. The molecule has 6 heterocycles. The number of allylic oxidation sites excluding steroid dienone is 4. The van der Waals surface area contributed by atoms with Crippen molar-refractivity contribution in [2.45, 2.75) is 371 Å². The first-order valence-corrected chi connectivity index (χ1v) is 52.9. The molecular weight excluding hydrogens is 1790 g/mol. The molecule has 13 fully saturated rings. The highest BCUT2D eigenvalue weighted by Crippen LogP contribution is 2.69. The summed E-state index contributed by atoms with van der Waals surface area (Å²) < 4.78 is 73.9. The van der Waals surface area contributed by atoms with Crippen LogP contribution in [-0.4, -0.2) is 191 Å². The molecule has 16 aliphatic carbocycles. The van der Waals surface area contributed by atoms with Gasteiger partial charge < -0.3 is 67.1 Å². The number of hydrogen-bond donors (Lipinski definition) is 2. The number of nitriles is 1. The van der Waals surface area contributed by atoms with Crippen molar-refractivity contribution in [1.82, 2.24) is 29.3 Å². The lowest BCUT2D eigenvalue weighted by Crippen LogP contribution is -2.59. The molecular formula is C114H171N7O20. The van der Waals surface area contributed by atoms with Gasteiger partial charge in [0.2, 0.25) is 0 Å². The number of aliphatic hydroxyl groups excluding tert-OH is 2. The summed E-state index contributed by atoms with van der Waals surface area (Å²) in [5, 5.41) is 42.9. The molecule has 10 saturated carbocycles. The number of fused-ring (bicyclic) bond motifs is 14. The smallest absolute Gasteiger partial charge is 0.173 e. The molecule has 3 aromatic heterocycles. The number of ketones is 6. The highest BCUT2D eigenvalue weighted by Gasteiger charge is 2.71. The highest BCUT2D eigenvalue weighted by molar-refractivity contribution is 6.02. The second kappa shape index (κ2) is 38.7. The lowest BCUT2D eigenvalue weighted by molar-refractivity contribution is -0.276. The summed E-state index contributed by atoms with van der Waals surface area (Å²) in [5.41, 5.74) is 9.78. The first-order valence-electron chi connectivity index (χ1n) is 52.9. The van der Waals surface area contributed by atoms with Crippen molar-refractivity contribution in [3.63, 3.8) is 0 Å². The van der Waals surface area contributed by atoms with E-state index in [4.69, 9.17) is 61.9 Å². The van der Waals surface area contributed by atoms with Gasteiger partial charge in [-0.3, -0.25) is 42.8 Å². The molecule has 17 atom stereocenters. The van der Waals surface area contributed by atoms with Gasteiger partial charge in [-0.05, 0) is 193 Å². The van der Waals surface area contributed by atoms with Crippen molar-refractivity contribution in [1.29, 1.82) is 5.26 Å². The number of methoxy groups -OCH3 is 3. The molecule has 0 radical (unpaired) electrons. The first-order chi connectivity index (χ1) is 65.9. The van der Waals surface area contributed by atoms with Gasteiger partial charge in [-0.25, -0.2) is 0 Å². The minimum Gasteiger partial charge on any atom is -0.515 e. The van der Waals surface area contributed by atoms with Crippen molar-refractivity contribution >= 4 is 34.7 Å². The number of Topliss-reactive ketones (excluding diaryl/α,β-unsaturated/α-hetero) is 5. The lowest BCUT2D eigenvalue weighted by Gasteiger charge is -2.55. The summed E-state index contributed by atoms with van der Waals surface area (Å²) >= 11 is 0. The van der Waals surface area contributed by atoms with Crippen LogP contribution in [0.2, 0.25) is 0 Å². The summed E-state index contributed by atoms with van der Waals surface area (Å²) in [6.45, 7) is 52.9. The highest BCUT2D eigenvalue weighted by atomic mass is 16.8. The topological polar surface area (TPSA) is 331 Å². The Bertz CT molecular complexity index is 5390. The second-order valence-corrected chi connectivity index (χ2v) is 51.0. The fourth-order valence-electron chi connectivity index (χ4n) is 32.4. The number of aromatic nitrogens is 6. The lowest BCUT2D eigenvalue weighted by atomic mass is 9.54. The van der Waals surface area contributed by atoms with Crippen LogP contribution in [0.4, 0.5) is 0 Å². The maximum atomic E-state index is 12.5. The molecule has 0 bridgehead atoms. The third-order valence-corrected chi connectivity index (χ3v) is 41.1.